The Kier molecular flexibility index (Phi) is 7.46. The molecule has 9 heteroatoms. The summed E-state index contributed by atoms with van der Waals surface area (Å²) in [7, 11) is 0. The minimum atomic E-state index is -1.46. The van der Waals surface area contributed by atoms with Gasteiger partial charge < -0.3 is 44.8 Å². The van der Waals surface area contributed by atoms with Crippen molar-refractivity contribution in [2.45, 2.75) is 127 Å². The molecule has 6 N–H and O–H groups in total. The fraction of sp³-hybridized carbons (Fsp3) is 1.00. The van der Waals surface area contributed by atoms with E-state index in [2.05, 4.69) is 27.7 Å². The molecule has 2 aliphatic heterocycles. The zero-order chi connectivity index (χ0) is 26.0. The minimum absolute atomic E-state index is 0.0166. The van der Waals surface area contributed by atoms with Crippen LogP contribution in [0.4, 0.5) is 0 Å². The quantitative estimate of drug-likeness (QED) is 0.299. The van der Waals surface area contributed by atoms with E-state index in [0.717, 1.165) is 32.1 Å². The predicted molar refractivity (Wildman–Crippen MR) is 126 cm³/mol. The van der Waals surface area contributed by atoms with E-state index >= 15 is 0 Å². The average Bonchev–Trinajstić information content (AvgIpc) is 2.79. The third-order valence-electron chi connectivity index (χ3n) is 10.4. The van der Waals surface area contributed by atoms with Crippen LogP contribution in [-0.2, 0) is 14.2 Å². The average molecular weight is 503 g/mol. The van der Waals surface area contributed by atoms with Crippen LogP contribution in [0.1, 0.15) is 73.1 Å². The number of hydrogen-bond acceptors (Lipinski definition) is 9. The largest absolute Gasteiger partial charge is 0.394 e. The first-order chi connectivity index (χ1) is 16.2. The van der Waals surface area contributed by atoms with Crippen molar-refractivity contribution in [3.63, 3.8) is 0 Å². The molecular formula is C26H46O9. The zero-order valence-electron chi connectivity index (χ0n) is 21.8. The zero-order valence-corrected chi connectivity index (χ0v) is 21.8. The molecule has 0 spiro atoms. The van der Waals surface area contributed by atoms with Gasteiger partial charge in [0, 0.05) is 0 Å². The van der Waals surface area contributed by atoms with Gasteiger partial charge in [-0.25, -0.2) is 0 Å². The van der Waals surface area contributed by atoms with Crippen LogP contribution in [0.3, 0.4) is 0 Å². The molecule has 4 fully saturated rings. The standard InChI is InChI=1S/C26H46O9/c1-23(2)15-6-10-25(4)16(7-11-26(5,35-25)17(29)13-28)24(15,3)9-8-18(23)34-22-21(32)20(31)19(30)14(12-27)33-22/h14-22,27-32H,6-13H2,1-5H3. The molecule has 0 radical (unpaired) electrons. The van der Waals surface area contributed by atoms with Crippen molar-refractivity contribution in [1.82, 2.24) is 0 Å². The van der Waals surface area contributed by atoms with Crippen LogP contribution in [0.15, 0.2) is 0 Å². The van der Waals surface area contributed by atoms with Gasteiger partial charge in [-0.1, -0.05) is 20.8 Å². The van der Waals surface area contributed by atoms with E-state index in [4.69, 9.17) is 14.2 Å². The molecular weight excluding hydrogens is 456 g/mol. The second-order valence-electron chi connectivity index (χ2n) is 12.8. The number of aliphatic hydroxyl groups is 6. The highest BCUT2D eigenvalue weighted by Crippen LogP contribution is 2.66. The van der Waals surface area contributed by atoms with Gasteiger partial charge in [-0.3, -0.25) is 0 Å². The molecule has 0 aromatic carbocycles. The van der Waals surface area contributed by atoms with Gasteiger partial charge in [-0.15, -0.1) is 0 Å². The lowest BCUT2D eigenvalue weighted by molar-refractivity contribution is -0.335. The molecule has 2 aliphatic carbocycles. The molecule has 9 nitrogen and oxygen atoms in total. The summed E-state index contributed by atoms with van der Waals surface area (Å²) in [6.07, 6.45) is -2.58. The second kappa shape index (κ2) is 9.43. The van der Waals surface area contributed by atoms with Gasteiger partial charge in [-0.2, -0.15) is 0 Å². The van der Waals surface area contributed by atoms with Gasteiger partial charge in [0.1, 0.15) is 30.5 Å². The molecule has 0 bridgehead atoms. The third kappa shape index (κ3) is 4.38. The van der Waals surface area contributed by atoms with Crippen molar-refractivity contribution in [3.05, 3.63) is 0 Å². The topological polar surface area (TPSA) is 149 Å². The van der Waals surface area contributed by atoms with Gasteiger partial charge in [0.2, 0.25) is 0 Å². The number of hydrogen-bond donors (Lipinski definition) is 6. The lowest BCUT2D eigenvalue weighted by atomic mass is 9.43. The monoisotopic (exact) mass is 502 g/mol. The molecule has 0 aromatic heterocycles. The van der Waals surface area contributed by atoms with Crippen LogP contribution in [0.25, 0.3) is 0 Å². The smallest absolute Gasteiger partial charge is 0.186 e. The maximum absolute atomic E-state index is 10.5. The first-order valence-corrected chi connectivity index (χ1v) is 13.2. The first-order valence-electron chi connectivity index (χ1n) is 13.2. The van der Waals surface area contributed by atoms with Crippen LogP contribution in [0, 0.1) is 22.7 Å². The number of fused-ring (bicyclic) bond motifs is 3. The predicted octanol–water partition coefficient (Wildman–Crippen LogP) is 0.705. The Balaban J connectivity index is 1.52. The summed E-state index contributed by atoms with van der Waals surface area (Å²) < 4.78 is 18.6. The lowest BCUT2D eigenvalue weighted by Gasteiger charge is -2.66. The van der Waals surface area contributed by atoms with Gasteiger partial charge in [-0.05, 0) is 75.0 Å². The molecule has 0 amide bonds. The first kappa shape index (κ1) is 27.7. The number of aliphatic hydroxyl groups excluding tert-OH is 6. The number of ether oxygens (including phenoxy) is 3. The fourth-order valence-electron chi connectivity index (χ4n) is 8.27. The molecule has 35 heavy (non-hydrogen) atoms. The minimum Gasteiger partial charge on any atom is -0.394 e. The van der Waals surface area contributed by atoms with E-state index in [1.165, 1.54) is 0 Å². The third-order valence-corrected chi connectivity index (χ3v) is 10.4. The van der Waals surface area contributed by atoms with Crippen molar-refractivity contribution in [2.75, 3.05) is 13.2 Å². The normalized spacial score (nSPS) is 52.9. The van der Waals surface area contributed by atoms with E-state index in [9.17, 15) is 30.6 Å². The second-order valence-corrected chi connectivity index (χ2v) is 12.8. The Morgan fingerprint density at radius 1 is 0.857 bits per heavy atom. The van der Waals surface area contributed by atoms with Gasteiger partial charge >= 0.3 is 0 Å². The van der Waals surface area contributed by atoms with Crippen LogP contribution >= 0.6 is 0 Å². The number of rotatable bonds is 5. The van der Waals surface area contributed by atoms with E-state index in [1.807, 2.05) is 6.92 Å². The Morgan fingerprint density at radius 3 is 2.14 bits per heavy atom. The van der Waals surface area contributed by atoms with Crippen LogP contribution in [0.5, 0.6) is 0 Å². The summed E-state index contributed by atoms with van der Waals surface area (Å²) >= 11 is 0. The molecule has 204 valence electrons. The SMILES string of the molecule is CC1(C(O)CO)CCC2C(C)(CCC3C(C)(C)C(OC4OC(CO)C(O)C(O)C4O)CCC23C)O1. The van der Waals surface area contributed by atoms with Crippen LogP contribution in [0.2, 0.25) is 0 Å². The Morgan fingerprint density at radius 2 is 1.51 bits per heavy atom. The molecule has 12 unspecified atom stereocenters. The lowest BCUT2D eigenvalue weighted by Crippen LogP contribution is -2.67. The van der Waals surface area contributed by atoms with Gasteiger partial charge in [0.15, 0.2) is 6.29 Å². The molecule has 2 saturated carbocycles. The van der Waals surface area contributed by atoms with Crippen molar-refractivity contribution < 1.29 is 44.8 Å². The molecule has 4 rings (SSSR count). The van der Waals surface area contributed by atoms with Gasteiger partial charge in [0.05, 0.1) is 30.5 Å². The highest BCUT2D eigenvalue weighted by Gasteiger charge is 2.64. The van der Waals surface area contributed by atoms with E-state index in [0.29, 0.717) is 18.3 Å². The van der Waals surface area contributed by atoms with Crippen LogP contribution in [-0.4, -0.2) is 98.0 Å². The maximum Gasteiger partial charge on any atom is 0.186 e. The molecule has 2 heterocycles. The van der Waals surface area contributed by atoms with E-state index < -0.39 is 54.6 Å². The summed E-state index contributed by atoms with van der Waals surface area (Å²) in [6, 6.07) is 0. The molecule has 0 aromatic rings. The summed E-state index contributed by atoms with van der Waals surface area (Å²) in [5, 5.41) is 60.3. The summed E-state index contributed by atoms with van der Waals surface area (Å²) in [4.78, 5) is 0. The van der Waals surface area contributed by atoms with Gasteiger partial charge in [0.25, 0.3) is 0 Å². The van der Waals surface area contributed by atoms with Crippen molar-refractivity contribution in [3.8, 4) is 0 Å². The summed E-state index contributed by atoms with van der Waals surface area (Å²) in [5.74, 6) is 0.604. The summed E-state index contributed by atoms with van der Waals surface area (Å²) in [6.45, 7) is 9.99. The molecule has 12 atom stereocenters. The summed E-state index contributed by atoms with van der Waals surface area (Å²) in [5.41, 5.74) is -1.44. The van der Waals surface area contributed by atoms with Crippen LogP contribution < -0.4 is 0 Å². The Labute approximate surface area is 208 Å². The Bertz CT molecular complexity index is 761. The fourth-order valence-corrected chi connectivity index (χ4v) is 8.27. The Hall–Kier alpha value is -0.360. The van der Waals surface area contributed by atoms with Crippen molar-refractivity contribution in [1.29, 1.82) is 0 Å². The molecule has 2 saturated heterocycles. The van der Waals surface area contributed by atoms with E-state index in [1.54, 1.807) is 0 Å². The van der Waals surface area contributed by atoms with E-state index in [-0.39, 0.29) is 23.5 Å². The van der Waals surface area contributed by atoms with Crippen molar-refractivity contribution >= 4 is 0 Å². The molecule has 4 aliphatic rings. The highest BCUT2D eigenvalue weighted by molar-refractivity contribution is 5.13. The maximum atomic E-state index is 10.5. The van der Waals surface area contributed by atoms with Crippen molar-refractivity contribution in [2.24, 2.45) is 22.7 Å². The highest BCUT2D eigenvalue weighted by atomic mass is 16.7.